The molecule has 0 fully saturated rings. The van der Waals surface area contributed by atoms with Crippen LogP contribution in [0.25, 0.3) is 0 Å². The molecule has 0 saturated carbocycles. The lowest BCUT2D eigenvalue weighted by molar-refractivity contribution is -0.172. The Labute approximate surface area is 148 Å². The summed E-state index contributed by atoms with van der Waals surface area (Å²) >= 11 is 0. The Morgan fingerprint density at radius 3 is 1.92 bits per heavy atom. The van der Waals surface area contributed by atoms with E-state index in [1.54, 1.807) is 26.0 Å². The van der Waals surface area contributed by atoms with Gasteiger partial charge in [0.25, 0.3) is 0 Å². The molecule has 0 spiro atoms. The van der Waals surface area contributed by atoms with Crippen LogP contribution in [-0.2, 0) is 23.9 Å². The molecule has 1 rings (SSSR count). The van der Waals surface area contributed by atoms with E-state index in [1.807, 2.05) is 19.1 Å². The average Bonchev–Trinajstić information content (AvgIpc) is 2.57. The van der Waals surface area contributed by atoms with Gasteiger partial charge in [0.15, 0.2) is 0 Å². The molecule has 0 atom stereocenters. The average molecular weight is 345 g/mol. The van der Waals surface area contributed by atoms with Crippen LogP contribution in [0.5, 0.6) is 0 Å². The van der Waals surface area contributed by atoms with Crippen LogP contribution in [0.1, 0.15) is 31.9 Å². The fourth-order valence-electron chi connectivity index (χ4n) is 2.05. The molecule has 6 nitrogen and oxygen atoms in total. The number of likely N-dealkylation sites (N-methyl/N-ethyl adjacent to an activating group) is 1. The van der Waals surface area contributed by atoms with Crippen molar-refractivity contribution in [1.82, 2.24) is 4.90 Å². The summed E-state index contributed by atoms with van der Waals surface area (Å²) in [4.78, 5) is 38.0. The number of rotatable bonds is 5. The van der Waals surface area contributed by atoms with E-state index < -0.39 is 23.4 Å². The van der Waals surface area contributed by atoms with Crippen molar-refractivity contribution in [2.75, 3.05) is 20.3 Å². The molecule has 0 bridgehead atoms. The summed E-state index contributed by atoms with van der Waals surface area (Å²) in [6, 6.07) is 7.23. The molecule has 0 saturated heterocycles. The van der Waals surface area contributed by atoms with Gasteiger partial charge in [0.05, 0.1) is 13.2 Å². The predicted octanol–water partition coefficient (Wildman–Crippen LogP) is 1.69. The first kappa shape index (κ1) is 20.2. The maximum absolute atomic E-state index is 12.6. The van der Waals surface area contributed by atoms with Crippen LogP contribution >= 0.6 is 0 Å². The summed E-state index contributed by atoms with van der Waals surface area (Å²) in [7, 11) is 1.32. The zero-order chi connectivity index (χ0) is 19.0. The molecule has 0 unspecified atom stereocenters. The standard InChI is InChI=1S/C19H23NO5/c1-6-24-17(22)19(18(23)25-7-2,20(5)15(4)21)13-12-16-10-8-14(3)9-11-16/h8-11H,6-7H2,1-5H3. The quantitative estimate of drug-likeness (QED) is 0.461. The Kier molecular flexibility index (Phi) is 7.19. The van der Waals surface area contributed by atoms with E-state index in [0.29, 0.717) is 5.56 Å². The molecule has 1 amide bonds. The largest absolute Gasteiger partial charge is 0.463 e. The fraction of sp³-hybridized carbons (Fsp3) is 0.421. The molecule has 0 radical (unpaired) electrons. The lowest BCUT2D eigenvalue weighted by Gasteiger charge is -2.32. The van der Waals surface area contributed by atoms with Crippen LogP contribution in [0.15, 0.2) is 24.3 Å². The topological polar surface area (TPSA) is 72.9 Å². The summed E-state index contributed by atoms with van der Waals surface area (Å²) in [6.07, 6.45) is 0. The third-order valence-corrected chi connectivity index (χ3v) is 3.56. The molecule has 0 aliphatic heterocycles. The second-order valence-electron chi connectivity index (χ2n) is 5.35. The smallest absolute Gasteiger partial charge is 0.356 e. The molecule has 0 aliphatic rings. The number of aryl methyl sites for hydroxylation is 1. The highest BCUT2D eigenvalue weighted by Gasteiger charge is 2.53. The van der Waals surface area contributed by atoms with Crippen LogP contribution in [0, 0.1) is 18.8 Å². The summed E-state index contributed by atoms with van der Waals surface area (Å²) in [5.74, 6) is 3.01. The number of hydrogen-bond donors (Lipinski definition) is 0. The lowest BCUT2D eigenvalue weighted by Crippen LogP contribution is -2.60. The Hall–Kier alpha value is -2.81. The van der Waals surface area contributed by atoms with E-state index in [1.165, 1.54) is 14.0 Å². The molecule has 6 heteroatoms. The van der Waals surface area contributed by atoms with Gasteiger partial charge >= 0.3 is 17.5 Å². The SMILES string of the molecule is CCOC(=O)C(C#Cc1ccc(C)cc1)(C(=O)OCC)N(C)C(C)=O. The molecule has 1 aromatic rings. The molecule has 0 N–H and O–H groups in total. The zero-order valence-electron chi connectivity index (χ0n) is 15.2. The van der Waals surface area contributed by atoms with Crippen molar-refractivity contribution >= 4 is 17.8 Å². The van der Waals surface area contributed by atoms with Gasteiger partial charge in [-0.25, -0.2) is 9.59 Å². The first-order chi connectivity index (χ1) is 11.8. The lowest BCUT2D eigenvalue weighted by atomic mass is 9.97. The number of nitrogens with zero attached hydrogens (tertiary/aromatic N) is 1. The highest BCUT2D eigenvalue weighted by Crippen LogP contribution is 2.19. The van der Waals surface area contributed by atoms with Crippen molar-refractivity contribution in [3.63, 3.8) is 0 Å². The van der Waals surface area contributed by atoms with Crippen LogP contribution in [0.3, 0.4) is 0 Å². The molecule has 25 heavy (non-hydrogen) atoms. The first-order valence-corrected chi connectivity index (χ1v) is 7.98. The minimum Gasteiger partial charge on any atom is -0.463 e. The number of amides is 1. The number of ether oxygens (including phenoxy) is 2. The van der Waals surface area contributed by atoms with Crippen molar-refractivity contribution in [2.45, 2.75) is 33.2 Å². The predicted molar refractivity (Wildman–Crippen MR) is 92.5 cm³/mol. The zero-order valence-corrected chi connectivity index (χ0v) is 15.2. The molecule has 0 heterocycles. The van der Waals surface area contributed by atoms with Crippen molar-refractivity contribution in [3.8, 4) is 11.8 Å². The maximum Gasteiger partial charge on any atom is 0.356 e. The van der Waals surface area contributed by atoms with Gasteiger partial charge in [0.1, 0.15) is 0 Å². The van der Waals surface area contributed by atoms with E-state index in [4.69, 9.17) is 9.47 Å². The van der Waals surface area contributed by atoms with E-state index in [-0.39, 0.29) is 13.2 Å². The molecule has 0 aromatic heterocycles. The van der Waals surface area contributed by atoms with Crippen LogP contribution in [0.4, 0.5) is 0 Å². The van der Waals surface area contributed by atoms with Crippen LogP contribution in [0.2, 0.25) is 0 Å². The maximum atomic E-state index is 12.6. The van der Waals surface area contributed by atoms with Crippen molar-refractivity contribution in [1.29, 1.82) is 0 Å². The monoisotopic (exact) mass is 345 g/mol. The van der Waals surface area contributed by atoms with Gasteiger partial charge in [0.2, 0.25) is 5.91 Å². The van der Waals surface area contributed by atoms with Gasteiger partial charge in [-0.3, -0.25) is 4.79 Å². The fourth-order valence-corrected chi connectivity index (χ4v) is 2.05. The van der Waals surface area contributed by atoms with E-state index in [2.05, 4.69) is 11.8 Å². The third kappa shape index (κ3) is 4.60. The first-order valence-electron chi connectivity index (χ1n) is 7.98. The van der Waals surface area contributed by atoms with Crippen molar-refractivity contribution in [2.24, 2.45) is 0 Å². The molecular weight excluding hydrogens is 322 g/mol. The van der Waals surface area contributed by atoms with Gasteiger partial charge in [0, 0.05) is 19.5 Å². The molecular formula is C19H23NO5. The van der Waals surface area contributed by atoms with Gasteiger partial charge in [-0.05, 0) is 38.8 Å². The molecule has 1 aromatic carbocycles. The Morgan fingerprint density at radius 2 is 1.52 bits per heavy atom. The van der Waals surface area contributed by atoms with Crippen LogP contribution < -0.4 is 0 Å². The number of esters is 2. The Morgan fingerprint density at radius 1 is 1.04 bits per heavy atom. The normalized spacial score (nSPS) is 10.3. The second kappa shape index (κ2) is 8.88. The highest BCUT2D eigenvalue weighted by atomic mass is 16.6. The van der Waals surface area contributed by atoms with Gasteiger partial charge in [-0.1, -0.05) is 23.6 Å². The van der Waals surface area contributed by atoms with E-state index in [0.717, 1.165) is 10.5 Å². The van der Waals surface area contributed by atoms with E-state index >= 15 is 0 Å². The number of benzene rings is 1. The van der Waals surface area contributed by atoms with Crippen molar-refractivity contribution < 1.29 is 23.9 Å². The van der Waals surface area contributed by atoms with Gasteiger partial charge < -0.3 is 14.4 Å². The summed E-state index contributed by atoms with van der Waals surface area (Å²) < 4.78 is 10.0. The van der Waals surface area contributed by atoms with Gasteiger partial charge in [-0.2, -0.15) is 0 Å². The third-order valence-electron chi connectivity index (χ3n) is 3.56. The number of carbonyl (C=O) groups is 3. The number of carbonyl (C=O) groups excluding carboxylic acids is 3. The Bertz CT molecular complexity index is 679. The highest BCUT2D eigenvalue weighted by molar-refractivity contribution is 6.11. The second-order valence-corrected chi connectivity index (χ2v) is 5.35. The summed E-state index contributed by atoms with van der Waals surface area (Å²) in [5, 5.41) is 0. The van der Waals surface area contributed by atoms with Gasteiger partial charge in [-0.15, -0.1) is 0 Å². The minimum absolute atomic E-state index is 0.0396. The summed E-state index contributed by atoms with van der Waals surface area (Å²) in [5.41, 5.74) is -0.503. The molecule has 0 aliphatic carbocycles. The Balaban J connectivity index is 3.52. The molecule has 134 valence electrons. The van der Waals surface area contributed by atoms with E-state index in [9.17, 15) is 14.4 Å². The van der Waals surface area contributed by atoms with Crippen LogP contribution in [-0.4, -0.2) is 48.5 Å². The van der Waals surface area contributed by atoms with Crippen molar-refractivity contribution in [3.05, 3.63) is 35.4 Å². The number of hydrogen-bond acceptors (Lipinski definition) is 5. The minimum atomic E-state index is -2.15. The summed E-state index contributed by atoms with van der Waals surface area (Å²) in [6.45, 7) is 6.46.